The summed E-state index contributed by atoms with van der Waals surface area (Å²) in [4.78, 5) is 15.0. The minimum absolute atomic E-state index is 0.0880. The molecule has 3 rings (SSSR count). The van der Waals surface area contributed by atoms with E-state index >= 15 is 0 Å². The lowest BCUT2D eigenvalue weighted by molar-refractivity contribution is -0.384. The van der Waals surface area contributed by atoms with Crippen molar-refractivity contribution in [3.05, 3.63) is 73.8 Å². The molecule has 1 aromatic heterocycles. The molecule has 6 nitrogen and oxygen atoms in total. The number of nitro groups is 1. The maximum Gasteiger partial charge on any atom is 0.288 e. The monoisotopic (exact) mass is 388 g/mol. The molecular formula is C18H14Cl2N4O2. The third kappa shape index (κ3) is 3.76. The molecule has 0 saturated carbocycles. The van der Waals surface area contributed by atoms with Crippen LogP contribution in [0.25, 0.3) is 10.9 Å². The third-order valence-electron chi connectivity index (χ3n) is 3.88. The number of hydrogen-bond acceptors (Lipinski definition) is 5. The van der Waals surface area contributed by atoms with Crippen molar-refractivity contribution >= 4 is 51.3 Å². The van der Waals surface area contributed by atoms with Gasteiger partial charge in [-0.25, -0.2) is 4.98 Å². The number of aromatic nitrogens is 1. The first-order valence-corrected chi connectivity index (χ1v) is 8.42. The predicted molar refractivity (Wildman–Crippen MR) is 105 cm³/mol. The molecule has 3 aromatic rings. The number of aryl methyl sites for hydroxylation is 1. The number of fused-ring (bicyclic) bond motifs is 1. The van der Waals surface area contributed by atoms with Gasteiger partial charge in [0, 0.05) is 22.0 Å². The summed E-state index contributed by atoms with van der Waals surface area (Å²) >= 11 is 11.9. The molecule has 0 radical (unpaired) electrons. The van der Waals surface area contributed by atoms with Crippen molar-refractivity contribution < 1.29 is 4.92 Å². The molecule has 0 spiro atoms. The van der Waals surface area contributed by atoms with Crippen LogP contribution in [-0.2, 0) is 0 Å². The second-order valence-corrected chi connectivity index (χ2v) is 6.56. The van der Waals surface area contributed by atoms with E-state index in [0.717, 1.165) is 16.5 Å². The molecule has 0 aliphatic heterocycles. The summed E-state index contributed by atoms with van der Waals surface area (Å²) in [7, 11) is 0. The molecule has 1 N–H and O–H groups in total. The van der Waals surface area contributed by atoms with Crippen molar-refractivity contribution in [1.29, 1.82) is 0 Å². The van der Waals surface area contributed by atoms with Crippen molar-refractivity contribution in [2.24, 2.45) is 5.10 Å². The maximum absolute atomic E-state index is 11.0. The summed E-state index contributed by atoms with van der Waals surface area (Å²) in [5, 5.41) is 17.0. The van der Waals surface area contributed by atoms with Gasteiger partial charge in [-0.1, -0.05) is 29.3 Å². The van der Waals surface area contributed by atoms with Crippen LogP contribution in [0.1, 0.15) is 18.1 Å². The molecule has 0 saturated heterocycles. The Labute approximate surface area is 159 Å². The van der Waals surface area contributed by atoms with Crippen LogP contribution in [0.5, 0.6) is 0 Å². The van der Waals surface area contributed by atoms with E-state index in [2.05, 4.69) is 15.5 Å². The zero-order valence-corrected chi connectivity index (χ0v) is 15.5. The molecule has 26 heavy (non-hydrogen) atoms. The van der Waals surface area contributed by atoms with E-state index in [1.807, 2.05) is 25.1 Å². The van der Waals surface area contributed by atoms with Crippen molar-refractivity contribution in [3.63, 3.8) is 0 Å². The van der Waals surface area contributed by atoms with E-state index in [1.54, 1.807) is 19.1 Å². The Morgan fingerprint density at radius 3 is 2.69 bits per heavy atom. The molecule has 0 fully saturated rings. The lowest BCUT2D eigenvalue weighted by atomic mass is 10.1. The van der Waals surface area contributed by atoms with Crippen LogP contribution in [-0.4, -0.2) is 15.6 Å². The lowest BCUT2D eigenvalue weighted by Gasteiger charge is -2.07. The molecule has 0 aliphatic rings. The van der Waals surface area contributed by atoms with Crippen molar-refractivity contribution in [2.75, 3.05) is 5.43 Å². The largest absolute Gasteiger partial charge is 0.288 e. The Morgan fingerprint density at radius 1 is 1.19 bits per heavy atom. The van der Waals surface area contributed by atoms with E-state index in [4.69, 9.17) is 23.2 Å². The van der Waals surface area contributed by atoms with Gasteiger partial charge in [0.05, 0.1) is 16.2 Å². The number of hydrazone groups is 1. The van der Waals surface area contributed by atoms with Crippen LogP contribution < -0.4 is 5.43 Å². The van der Waals surface area contributed by atoms with E-state index < -0.39 is 4.92 Å². The van der Waals surface area contributed by atoms with Crippen LogP contribution in [0.15, 0.2) is 47.6 Å². The quantitative estimate of drug-likeness (QED) is 0.358. The molecule has 0 bridgehead atoms. The lowest BCUT2D eigenvalue weighted by Crippen LogP contribution is -2.02. The standard InChI is InChI=1S/C18H14Cl2N4O2/c1-10-7-18(21-16-6-4-13(19)9-14(10)16)23-22-11(2)12-3-5-15(20)17(8-12)24(25)26/h3-9H,1-2H3,(H,21,23)/b22-11+. The van der Waals surface area contributed by atoms with E-state index in [-0.39, 0.29) is 10.7 Å². The van der Waals surface area contributed by atoms with Gasteiger partial charge >= 0.3 is 0 Å². The van der Waals surface area contributed by atoms with E-state index in [0.29, 0.717) is 22.1 Å². The molecular weight excluding hydrogens is 375 g/mol. The van der Waals surface area contributed by atoms with Gasteiger partial charge in [-0.2, -0.15) is 5.10 Å². The number of nitro benzene ring substituents is 1. The minimum Gasteiger partial charge on any atom is -0.261 e. The third-order valence-corrected chi connectivity index (χ3v) is 4.43. The van der Waals surface area contributed by atoms with Crippen LogP contribution in [0.2, 0.25) is 10.0 Å². The van der Waals surface area contributed by atoms with Gasteiger partial charge in [0.2, 0.25) is 0 Å². The first kappa shape index (κ1) is 18.1. The van der Waals surface area contributed by atoms with Crippen molar-refractivity contribution in [2.45, 2.75) is 13.8 Å². The Bertz CT molecular complexity index is 1050. The smallest absolute Gasteiger partial charge is 0.261 e. The average Bonchev–Trinajstić information content (AvgIpc) is 2.60. The van der Waals surface area contributed by atoms with Gasteiger partial charge in [-0.3, -0.25) is 15.5 Å². The SMILES string of the molecule is C/C(=N\Nc1cc(C)c2cc(Cl)ccc2n1)c1ccc(Cl)c([N+](=O)[O-])c1. The fraction of sp³-hybridized carbons (Fsp3) is 0.111. The summed E-state index contributed by atoms with van der Waals surface area (Å²) in [6.07, 6.45) is 0. The van der Waals surface area contributed by atoms with E-state index in [1.165, 1.54) is 12.1 Å². The predicted octanol–water partition coefficient (Wildman–Crippen LogP) is 5.59. The average molecular weight is 389 g/mol. The summed E-state index contributed by atoms with van der Waals surface area (Å²) in [5.74, 6) is 0.570. The fourth-order valence-electron chi connectivity index (χ4n) is 2.51. The molecule has 0 unspecified atom stereocenters. The van der Waals surface area contributed by atoms with Crippen LogP contribution in [0.3, 0.4) is 0 Å². The molecule has 0 aliphatic carbocycles. The minimum atomic E-state index is -0.522. The van der Waals surface area contributed by atoms with Crippen molar-refractivity contribution in [1.82, 2.24) is 4.98 Å². The summed E-state index contributed by atoms with van der Waals surface area (Å²) in [6, 6.07) is 11.9. The number of nitrogens with one attached hydrogen (secondary N) is 1. The second kappa shape index (κ2) is 7.27. The van der Waals surface area contributed by atoms with Gasteiger partial charge < -0.3 is 0 Å². The Balaban J connectivity index is 1.90. The number of hydrogen-bond donors (Lipinski definition) is 1. The number of halogens is 2. The highest BCUT2D eigenvalue weighted by atomic mass is 35.5. The number of benzene rings is 2. The first-order chi connectivity index (χ1) is 12.3. The highest BCUT2D eigenvalue weighted by Crippen LogP contribution is 2.26. The Hall–Kier alpha value is -2.70. The highest BCUT2D eigenvalue weighted by Gasteiger charge is 2.14. The summed E-state index contributed by atoms with van der Waals surface area (Å²) in [6.45, 7) is 3.71. The highest BCUT2D eigenvalue weighted by molar-refractivity contribution is 6.32. The topological polar surface area (TPSA) is 80.4 Å². The Morgan fingerprint density at radius 2 is 1.96 bits per heavy atom. The normalized spacial score (nSPS) is 11.6. The van der Waals surface area contributed by atoms with Gasteiger partial charge in [-0.05, 0) is 49.7 Å². The first-order valence-electron chi connectivity index (χ1n) is 7.66. The van der Waals surface area contributed by atoms with E-state index in [9.17, 15) is 10.1 Å². The van der Waals surface area contributed by atoms with Crippen LogP contribution >= 0.6 is 23.2 Å². The van der Waals surface area contributed by atoms with Crippen molar-refractivity contribution in [3.8, 4) is 0 Å². The van der Waals surface area contributed by atoms with Gasteiger partial charge in [0.25, 0.3) is 5.69 Å². The number of nitrogens with zero attached hydrogens (tertiary/aromatic N) is 3. The maximum atomic E-state index is 11.0. The summed E-state index contributed by atoms with van der Waals surface area (Å²) in [5.41, 5.74) is 5.71. The van der Waals surface area contributed by atoms with Crippen LogP contribution in [0, 0.1) is 17.0 Å². The molecule has 8 heteroatoms. The molecule has 2 aromatic carbocycles. The molecule has 1 heterocycles. The number of pyridine rings is 1. The second-order valence-electron chi connectivity index (χ2n) is 5.72. The summed E-state index contributed by atoms with van der Waals surface area (Å²) < 4.78 is 0. The Kier molecular flexibility index (Phi) is 5.06. The molecule has 0 atom stereocenters. The van der Waals surface area contributed by atoms with Crippen LogP contribution in [0.4, 0.5) is 11.5 Å². The van der Waals surface area contributed by atoms with Gasteiger partial charge in [0.1, 0.15) is 10.8 Å². The van der Waals surface area contributed by atoms with Gasteiger partial charge in [0.15, 0.2) is 0 Å². The number of anilines is 1. The zero-order chi connectivity index (χ0) is 18.8. The molecule has 132 valence electrons. The van der Waals surface area contributed by atoms with Gasteiger partial charge in [-0.15, -0.1) is 0 Å². The zero-order valence-electron chi connectivity index (χ0n) is 14.0. The fourth-order valence-corrected chi connectivity index (χ4v) is 2.87. The number of rotatable bonds is 4. The molecule has 0 amide bonds.